The smallest absolute Gasteiger partial charge is 0.242 e. The summed E-state index contributed by atoms with van der Waals surface area (Å²) < 4.78 is 5.98. The molecule has 0 radical (unpaired) electrons. The summed E-state index contributed by atoms with van der Waals surface area (Å²) in [6.07, 6.45) is 0.875. The van der Waals surface area contributed by atoms with E-state index < -0.39 is 6.04 Å². The Labute approximate surface area is 115 Å². The summed E-state index contributed by atoms with van der Waals surface area (Å²) in [5.41, 5.74) is 8.27. The van der Waals surface area contributed by atoms with Gasteiger partial charge in [0.1, 0.15) is 6.04 Å². The number of hydrogen-bond acceptors (Lipinski definition) is 3. The number of hydrogen-bond donors (Lipinski definition) is 1. The van der Waals surface area contributed by atoms with Crippen molar-refractivity contribution in [2.45, 2.75) is 19.0 Å². The summed E-state index contributed by atoms with van der Waals surface area (Å²) >= 11 is 3.53. The molecular weight excluding hydrogens is 296 g/mol. The molecule has 18 heavy (non-hydrogen) atoms. The number of ether oxygens (including phenoxy) is 1. The van der Waals surface area contributed by atoms with Crippen molar-refractivity contribution in [2.75, 3.05) is 20.3 Å². The first-order chi connectivity index (χ1) is 8.63. The fourth-order valence-corrected chi connectivity index (χ4v) is 2.75. The number of benzene rings is 1. The number of carbonyl (C=O) groups excluding carboxylic acids is 1. The van der Waals surface area contributed by atoms with Crippen molar-refractivity contribution < 1.29 is 9.53 Å². The van der Waals surface area contributed by atoms with Gasteiger partial charge in [-0.1, -0.05) is 28.1 Å². The van der Waals surface area contributed by atoms with E-state index in [0.29, 0.717) is 6.54 Å². The number of rotatable bonds is 3. The average molecular weight is 313 g/mol. The molecule has 1 atom stereocenters. The zero-order valence-electron chi connectivity index (χ0n) is 10.4. The Hall–Kier alpha value is -0.910. The van der Waals surface area contributed by atoms with Crippen LogP contribution in [-0.4, -0.2) is 37.1 Å². The van der Waals surface area contributed by atoms with Gasteiger partial charge in [-0.05, 0) is 23.6 Å². The van der Waals surface area contributed by atoms with Crippen LogP contribution in [0.1, 0.15) is 11.1 Å². The van der Waals surface area contributed by atoms with Crippen molar-refractivity contribution in [3.05, 3.63) is 33.8 Å². The highest BCUT2D eigenvalue weighted by Crippen LogP contribution is 2.26. The molecule has 0 fully saturated rings. The van der Waals surface area contributed by atoms with Gasteiger partial charge in [0.2, 0.25) is 5.91 Å². The van der Waals surface area contributed by atoms with Gasteiger partial charge in [-0.25, -0.2) is 0 Å². The molecule has 0 spiro atoms. The van der Waals surface area contributed by atoms with E-state index in [1.54, 1.807) is 12.0 Å². The Morgan fingerprint density at radius 3 is 3.11 bits per heavy atom. The van der Waals surface area contributed by atoms with Crippen LogP contribution in [0.3, 0.4) is 0 Å². The topological polar surface area (TPSA) is 55.6 Å². The van der Waals surface area contributed by atoms with Gasteiger partial charge in [-0.2, -0.15) is 0 Å². The lowest BCUT2D eigenvalue weighted by atomic mass is 9.99. The SMILES string of the molecule is COCC(N)C(=O)N1CCc2cccc(Br)c2C1. The highest BCUT2D eigenvalue weighted by molar-refractivity contribution is 9.10. The minimum atomic E-state index is -0.570. The second-order valence-electron chi connectivity index (χ2n) is 4.45. The molecule has 1 aromatic carbocycles. The van der Waals surface area contributed by atoms with Crippen LogP contribution in [0.5, 0.6) is 0 Å². The lowest BCUT2D eigenvalue weighted by Crippen LogP contribution is -2.47. The predicted molar refractivity (Wildman–Crippen MR) is 73.1 cm³/mol. The Morgan fingerprint density at radius 2 is 2.39 bits per heavy atom. The van der Waals surface area contributed by atoms with Crippen LogP contribution in [-0.2, 0) is 22.5 Å². The number of nitrogens with two attached hydrogens (primary N) is 1. The van der Waals surface area contributed by atoms with Gasteiger partial charge >= 0.3 is 0 Å². The van der Waals surface area contributed by atoms with Gasteiger partial charge in [-0.3, -0.25) is 4.79 Å². The van der Waals surface area contributed by atoms with Gasteiger partial charge < -0.3 is 15.4 Å². The maximum Gasteiger partial charge on any atom is 0.242 e. The molecule has 1 amide bonds. The van der Waals surface area contributed by atoms with Crippen molar-refractivity contribution in [3.8, 4) is 0 Å². The van der Waals surface area contributed by atoms with Crippen LogP contribution >= 0.6 is 15.9 Å². The fraction of sp³-hybridized carbons (Fsp3) is 0.462. The summed E-state index contributed by atoms with van der Waals surface area (Å²) in [4.78, 5) is 13.9. The highest BCUT2D eigenvalue weighted by Gasteiger charge is 2.25. The first-order valence-electron chi connectivity index (χ1n) is 5.93. The largest absolute Gasteiger partial charge is 0.383 e. The monoisotopic (exact) mass is 312 g/mol. The normalized spacial score (nSPS) is 16.3. The molecule has 1 unspecified atom stereocenters. The lowest BCUT2D eigenvalue weighted by Gasteiger charge is -2.31. The standard InChI is InChI=1S/C13H17BrN2O2/c1-18-8-12(15)13(17)16-6-5-9-3-2-4-11(14)10(9)7-16/h2-4,12H,5-8,15H2,1H3. The molecule has 1 heterocycles. The van der Waals surface area contributed by atoms with Crippen LogP contribution < -0.4 is 5.73 Å². The minimum Gasteiger partial charge on any atom is -0.383 e. The zero-order chi connectivity index (χ0) is 13.1. The second kappa shape index (κ2) is 5.82. The molecule has 0 aliphatic carbocycles. The summed E-state index contributed by atoms with van der Waals surface area (Å²) in [7, 11) is 1.55. The van der Waals surface area contributed by atoms with Crippen LogP contribution in [0.2, 0.25) is 0 Å². The van der Waals surface area contributed by atoms with E-state index in [-0.39, 0.29) is 12.5 Å². The Morgan fingerprint density at radius 1 is 1.61 bits per heavy atom. The molecule has 5 heteroatoms. The van der Waals surface area contributed by atoms with Crippen LogP contribution in [0.25, 0.3) is 0 Å². The van der Waals surface area contributed by atoms with Crippen LogP contribution in [0.4, 0.5) is 0 Å². The Balaban J connectivity index is 2.12. The van der Waals surface area contributed by atoms with Crippen molar-refractivity contribution in [3.63, 3.8) is 0 Å². The highest BCUT2D eigenvalue weighted by atomic mass is 79.9. The van der Waals surface area contributed by atoms with Crippen LogP contribution in [0, 0.1) is 0 Å². The number of amides is 1. The molecule has 0 saturated heterocycles. The van der Waals surface area contributed by atoms with E-state index in [2.05, 4.69) is 22.0 Å². The quantitative estimate of drug-likeness (QED) is 0.915. The van der Waals surface area contributed by atoms with Crippen molar-refractivity contribution >= 4 is 21.8 Å². The number of nitrogens with zero attached hydrogens (tertiary/aromatic N) is 1. The molecule has 2 rings (SSSR count). The number of halogens is 1. The first kappa shape index (κ1) is 13.5. The number of methoxy groups -OCH3 is 1. The van der Waals surface area contributed by atoms with Gasteiger partial charge in [0.25, 0.3) is 0 Å². The molecule has 4 nitrogen and oxygen atoms in total. The average Bonchev–Trinajstić information content (AvgIpc) is 2.38. The summed E-state index contributed by atoms with van der Waals surface area (Å²) in [6, 6.07) is 5.56. The zero-order valence-corrected chi connectivity index (χ0v) is 11.9. The van der Waals surface area contributed by atoms with E-state index in [9.17, 15) is 4.79 Å². The van der Waals surface area contributed by atoms with Gasteiger partial charge in [0.15, 0.2) is 0 Å². The third kappa shape index (κ3) is 2.74. The molecule has 1 aromatic rings. The van der Waals surface area contributed by atoms with E-state index in [1.165, 1.54) is 11.1 Å². The van der Waals surface area contributed by atoms with Crippen molar-refractivity contribution in [1.29, 1.82) is 0 Å². The molecule has 0 aromatic heterocycles. The lowest BCUT2D eigenvalue weighted by molar-refractivity contribution is -0.134. The van der Waals surface area contributed by atoms with Gasteiger partial charge in [-0.15, -0.1) is 0 Å². The molecule has 1 aliphatic rings. The molecule has 0 bridgehead atoms. The minimum absolute atomic E-state index is 0.0433. The maximum atomic E-state index is 12.1. The number of fused-ring (bicyclic) bond motifs is 1. The fourth-order valence-electron chi connectivity index (χ4n) is 2.21. The maximum absolute atomic E-state index is 12.1. The Bertz CT molecular complexity index is 451. The molecular formula is C13H17BrN2O2. The summed E-state index contributed by atoms with van der Waals surface area (Å²) in [6.45, 7) is 1.60. The molecule has 98 valence electrons. The van der Waals surface area contributed by atoms with E-state index in [0.717, 1.165) is 17.4 Å². The van der Waals surface area contributed by atoms with E-state index >= 15 is 0 Å². The predicted octanol–water partition coefficient (Wildman–Crippen LogP) is 1.31. The first-order valence-corrected chi connectivity index (χ1v) is 6.72. The van der Waals surface area contributed by atoms with E-state index in [1.807, 2.05) is 12.1 Å². The van der Waals surface area contributed by atoms with Crippen molar-refractivity contribution in [2.24, 2.45) is 5.73 Å². The third-order valence-electron chi connectivity index (χ3n) is 3.19. The molecule has 1 aliphatic heterocycles. The van der Waals surface area contributed by atoms with E-state index in [4.69, 9.17) is 10.5 Å². The van der Waals surface area contributed by atoms with Gasteiger partial charge in [0, 0.05) is 24.7 Å². The molecule has 0 saturated carbocycles. The number of carbonyl (C=O) groups is 1. The summed E-state index contributed by atoms with van der Waals surface area (Å²) in [5, 5.41) is 0. The van der Waals surface area contributed by atoms with Crippen LogP contribution in [0.15, 0.2) is 22.7 Å². The van der Waals surface area contributed by atoms with Gasteiger partial charge in [0.05, 0.1) is 6.61 Å². The molecule has 2 N–H and O–H groups in total. The second-order valence-corrected chi connectivity index (χ2v) is 5.30. The Kier molecular flexibility index (Phi) is 4.37. The summed E-state index contributed by atoms with van der Waals surface area (Å²) in [5.74, 6) is -0.0433. The van der Waals surface area contributed by atoms with Crippen molar-refractivity contribution in [1.82, 2.24) is 4.90 Å². The third-order valence-corrected chi connectivity index (χ3v) is 3.93.